The largest absolute Gasteiger partial charge is 0.386 e. The second-order valence-corrected chi connectivity index (χ2v) is 6.00. The molecule has 0 saturated carbocycles. The van der Waals surface area contributed by atoms with Gasteiger partial charge in [-0.25, -0.2) is 0 Å². The molecule has 1 amide bonds. The number of carbonyl (C=O) groups excluding carboxylic acids is 1. The first-order valence-corrected chi connectivity index (χ1v) is 5.50. The van der Waals surface area contributed by atoms with Gasteiger partial charge in [0.2, 0.25) is 0 Å². The predicted octanol–water partition coefficient (Wildman–Crippen LogP) is 2.34. The molecule has 0 bridgehead atoms. The highest BCUT2D eigenvalue weighted by molar-refractivity contribution is 5.86. The molecule has 0 aliphatic rings. The third-order valence-electron chi connectivity index (χ3n) is 2.00. The van der Waals surface area contributed by atoms with E-state index in [2.05, 4.69) is 10.5 Å². The van der Waals surface area contributed by atoms with Gasteiger partial charge in [0.15, 0.2) is 6.61 Å². The SMILES string of the molecule is C/C(=N\OCC(=O)NC(C)(C)C)C(C)(C)C. The van der Waals surface area contributed by atoms with Crippen LogP contribution in [-0.2, 0) is 9.63 Å². The van der Waals surface area contributed by atoms with E-state index < -0.39 is 0 Å². The van der Waals surface area contributed by atoms with Crippen molar-refractivity contribution in [1.29, 1.82) is 0 Å². The van der Waals surface area contributed by atoms with Crippen LogP contribution in [-0.4, -0.2) is 23.8 Å². The van der Waals surface area contributed by atoms with Crippen LogP contribution in [0.15, 0.2) is 5.16 Å². The Morgan fingerprint density at radius 2 is 1.69 bits per heavy atom. The summed E-state index contributed by atoms with van der Waals surface area (Å²) in [4.78, 5) is 16.4. The van der Waals surface area contributed by atoms with E-state index in [0.29, 0.717) is 0 Å². The first-order valence-electron chi connectivity index (χ1n) is 5.50. The van der Waals surface area contributed by atoms with E-state index in [1.54, 1.807) is 0 Å². The fourth-order valence-electron chi connectivity index (χ4n) is 0.779. The number of hydrogen-bond acceptors (Lipinski definition) is 3. The van der Waals surface area contributed by atoms with Crippen LogP contribution in [0.1, 0.15) is 48.5 Å². The molecule has 0 rings (SSSR count). The normalized spacial score (nSPS) is 13.6. The maximum absolute atomic E-state index is 11.4. The zero-order chi connectivity index (χ0) is 13.0. The second-order valence-electron chi connectivity index (χ2n) is 6.00. The van der Waals surface area contributed by atoms with Gasteiger partial charge in [0, 0.05) is 11.0 Å². The van der Waals surface area contributed by atoms with Crippen molar-refractivity contribution < 1.29 is 9.63 Å². The summed E-state index contributed by atoms with van der Waals surface area (Å²) in [7, 11) is 0. The molecule has 0 aliphatic heterocycles. The van der Waals surface area contributed by atoms with E-state index in [0.717, 1.165) is 5.71 Å². The number of oxime groups is 1. The van der Waals surface area contributed by atoms with Gasteiger partial charge in [-0.1, -0.05) is 25.9 Å². The molecule has 1 N–H and O–H groups in total. The van der Waals surface area contributed by atoms with Crippen LogP contribution >= 0.6 is 0 Å². The molecule has 0 saturated heterocycles. The molecule has 0 aliphatic carbocycles. The molecule has 4 heteroatoms. The molecule has 0 aromatic rings. The average molecular weight is 228 g/mol. The summed E-state index contributed by atoms with van der Waals surface area (Å²) in [5, 5.41) is 6.72. The summed E-state index contributed by atoms with van der Waals surface area (Å²) in [6.07, 6.45) is 0. The van der Waals surface area contributed by atoms with Gasteiger partial charge in [-0.2, -0.15) is 0 Å². The molecule has 16 heavy (non-hydrogen) atoms. The smallest absolute Gasteiger partial charge is 0.261 e. The zero-order valence-corrected chi connectivity index (χ0v) is 11.5. The molecule has 4 nitrogen and oxygen atoms in total. The van der Waals surface area contributed by atoms with Crippen molar-refractivity contribution in [3.63, 3.8) is 0 Å². The fourth-order valence-corrected chi connectivity index (χ4v) is 0.779. The maximum atomic E-state index is 11.4. The zero-order valence-electron chi connectivity index (χ0n) is 11.5. The van der Waals surface area contributed by atoms with E-state index in [4.69, 9.17) is 4.84 Å². The monoisotopic (exact) mass is 228 g/mol. The van der Waals surface area contributed by atoms with Gasteiger partial charge in [-0.05, 0) is 27.7 Å². The number of hydrogen-bond donors (Lipinski definition) is 1. The van der Waals surface area contributed by atoms with E-state index in [1.165, 1.54) is 0 Å². The highest BCUT2D eigenvalue weighted by Gasteiger charge is 2.16. The lowest BCUT2D eigenvalue weighted by Crippen LogP contribution is -2.42. The lowest BCUT2D eigenvalue weighted by molar-refractivity contribution is -0.127. The molecule has 0 spiro atoms. The van der Waals surface area contributed by atoms with Crippen molar-refractivity contribution in [1.82, 2.24) is 5.32 Å². The number of nitrogens with zero attached hydrogens (tertiary/aromatic N) is 1. The topological polar surface area (TPSA) is 50.7 Å². The first-order chi connectivity index (χ1) is 7.02. The summed E-state index contributed by atoms with van der Waals surface area (Å²) in [5.41, 5.74) is 0.611. The van der Waals surface area contributed by atoms with Crippen molar-refractivity contribution in [3.05, 3.63) is 0 Å². The quantitative estimate of drug-likeness (QED) is 0.595. The van der Waals surface area contributed by atoms with Crippen LogP contribution < -0.4 is 5.32 Å². The van der Waals surface area contributed by atoms with Crippen LogP contribution in [0, 0.1) is 5.41 Å². The maximum Gasteiger partial charge on any atom is 0.261 e. The molecule has 0 aromatic heterocycles. The minimum Gasteiger partial charge on any atom is -0.386 e. The summed E-state index contributed by atoms with van der Waals surface area (Å²) in [6.45, 7) is 13.8. The standard InChI is InChI=1S/C12H24N2O2/c1-9(11(2,3)4)14-16-8-10(15)13-12(5,6)7/h8H2,1-7H3,(H,13,15)/b14-9+. The number of amides is 1. The van der Waals surface area contributed by atoms with Crippen LogP contribution in [0.5, 0.6) is 0 Å². The van der Waals surface area contributed by atoms with Crippen LogP contribution in [0.2, 0.25) is 0 Å². The van der Waals surface area contributed by atoms with Crippen molar-refractivity contribution >= 4 is 11.6 Å². The van der Waals surface area contributed by atoms with Gasteiger partial charge in [0.25, 0.3) is 5.91 Å². The lowest BCUT2D eigenvalue weighted by Gasteiger charge is -2.20. The Bertz CT molecular complexity index is 270. The first kappa shape index (κ1) is 14.9. The Morgan fingerprint density at radius 3 is 2.06 bits per heavy atom. The Morgan fingerprint density at radius 1 is 1.19 bits per heavy atom. The lowest BCUT2D eigenvalue weighted by atomic mass is 9.91. The van der Waals surface area contributed by atoms with Gasteiger partial charge in [-0.15, -0.1) is 0 Å². The number of carbonyl (C=O) groups is 1. The van der Waals surface area contributed by atoms with Crippen molar-refractivity contribution in [3.8, 4) is 0 Å². The van der Waals surface area contributed by atoms with Gasteiger partial charge >= 0.3 is 0 Å². The highest BCUT2D eigenvalue weighted by atomic mass is 16.6. The van der Waals surface area contributed by atoms with Crippen molar-refractivity contribution in [2.75, 3.05) is 6.61 Å². The summed E-state index contributed by atoms with van der Waals surface area (Å²) in [5.74, 6) is -0.155. The molecule has 0 aromatic carbocycles. The number of rotatable bonds is 3. The third-order valence-corrected chi connectivity index (χ3v) is 2.00. The Labute approximate surface area is 98.4 Å². The van der Waals surface area contributed by atoms with Gasteiger partial charge in [0.1, 0.15) is 0 Å². The van der Waals surface area contributed by atoms with Crippen LogP contribution in [0.4, 0.5) is 0 Å². The molecule has 0 unspecified atom stereocenters. The average Bonchev–Trinajstić information content (AvgIpc) is 1.98. The number of nitrogens with one attached hydrogen (secondary N) is 1. The Balaban J connectivity index is 4.05. The van der Waals surface area contributed by atoms with Gasteiger partial charge in [-0.3, -0.25) is 4.79 Å². The predicted molar refractivity (Wildman–Crippen MR) is 66.4 cm³/mol. The molecule has 94 valence electrons. The molecule has 0 heterocycles. The summed E-state index contributed by atoms with van der Waals surface area (Å²) in [6, 6.07) is 0. The molecular formula is C12H24N2O2. The van der Waals surface area contributed by atoms with E-state index in [-0.39, 0.29) is 23.5 Å². The van der Waals surface area contributed by atoms with E-state index in [9.17, 15) is 4.79 Å². The van der Waals surface area contributed by atoms with Crippen molar-refractivity contribution in [2.45, 2.75) is 54.0 Å². The van der Waals surface area contributed by atoms with Crippen molar-refractivity contribution in [2.24, 2.45) is 10.6 Å². The summed E-state index contributed by atoms with van der Waals surface area (Å²) < 4.78 is 0. The van der Waals surface area contributed by atoms with Crippen LogP contribution in [0.3, 0.4) is 0 Å². The molecule has 0 atom stereocenters. The molecular weight excluding hydrogens is 204 g/mol. The molecule has 0 fully saturated rings. The van der Waals surface area contributed by atoms with Gasteiger partial charge < -0.3 is 10.2 Å². The van der Waals surface area contributed by atoms with E-state index >= 15 is 0 Å². The Kier molecular flexibility index (Phi) is 4.97. The second kappa shape index (κ2) is 5.32. The van der Waals surface area contributed by atoms with E-state index in [1.807, 2.05) is 48.5 Å². The molecule has 0 radical (unpaired) electrons. The van der Waals surface area contributed by atoms with Gasteiger partial charge in [0.05, 0.1) is 5.71 Å². The Hall–Kier alpha value is -1.06. The summed E-state index contributed by atoms with van der Waals surface area (Å²) >= 11 is 0. The third kappa shape index (κ3) is 7.26. The minimum atomic E-state index is -0.233. The van der Waals surface area contributed by atoms with Crippen LogP contribution in [0.25, 0.3) is 0 Å². The highest BCUT2D eigenvalue weighted by Crippen LogP contribution is 2.15. The fraction of sp³-hybridized carbons (Fsp3) is 0.833. The minimum absolute atomic E-state index is 0.0273.